The molecule has 382 valence electrons. The van der Waals surface area contributed by atoms with Gasteiger partial charge in [0.15, 0.2) is 0 Å². The molecule has 0 radical (unpaired) electrons. The second-order valence-corrected chi connectivity index (χ2v) is 18.5. The molecule has 0 spiro atoms. The maximum absolute atomic E-state index is 13.2. The zero-order valence-corrected chi connectivity index (χ0v) is 39.4. The third kappa shape index (κ3) is 13.3. The van der Waals surface area contributed by atoms with Crippen molar-refractivity contribution in [2.24, 2.45) is 23.2 Å². The Morgan fingerprint density at radius 1 is 0.789 bits per heavy atom. The van der Waals surface area contributed by atoms with Gasteiger partial charge in [-0.15, -0.1) is 13.2 Å². The Morgan fingerprint density at radius 3 is 2.11 bits per heavy atom. The van der Waals surface area contributed by atoms with Gasteiger partial charge in [-0.25, -0.2) is 4.98 Å². The normalized spacial score (nSPS) is 23.4. The van der Waals surface area contributed by atoms with Gasteiger partial charge in [0.05, 0.1) is 83.4 Å². The van der Waals surface area contributed by atoms with E-state index in [0.717, 1.165) is 30.7 Å². The maximum Gasteiger partial charge on any atom is 0.573 e. The highest BCUT2D eigenvalue weighted by Gasteiger charge is 2.55. The zero-order chi connectivity index (χ0) is 49.8. The maximum atomic E-state index is 13.2. The number of rotatable bonds is 28. The Kier molecular flexibility index (Phi) is 17.4. The number of hydrogen-bond donors (Lipinski definition) is 5. The van der Waals surface area contributed by atoms with Crippen LogP contribution in [0, 0.1) is 34.5 Å². The number of hydrogen-bond acceptors (Lipinski definition) is 17. The average Bonchev–Trinajstić information content (AvgIpc) is 3.59. The molecule has 6 aliphatic rings. The van der Waals surface area contributed by atoms with Crippen molar-refractivity contribution in [3.05, 3.63) is 70.9 Å². The van der Waals surface area contributed by atoms with Gasteiger partial charge in [-0.3, -0.25) is 29.4 Å². The first-order valence-electron chi connectivity index (χ1n) is 24.2. The number of carbonyl (C=O) groups is 4. The number of ether oxygens (including phenoxy) is 6. The average molecular weight is 992 g/mol. The highest BCUT2D eigenvalue weighted by atomic mass is 19.4. The predicted octanol–water partition coefficient (Wildman–Crippen LogP) is 4.65. The van der Waals surface area contributed by atoms with Crippen molar-refractivity contribution in [2.45, 2.75) is 69.9 Å². The Hall–Kier alpha value is -5.96. The summed E-state index contributed by atoms with van der Waals surface area (Å²) in [5.74, 6) is -0.164. The summed E-state index contributed by atoms with van der Waals surface area (Å²) in [6.45, 7) is 6.04. The fourth-order valence-electron chi connectivity index (χ4n) is 10.9. The van der Waals surface area contributed by atoms with Gasteiger partial charge in [-0.2, -0.15) is 10.2 Å². The van der Waals surface area contributed by atoms with Gasteiger partial charge in [-0.05, 0) is 79.9 Å². The van der Waals surface area contributed by atoms with Crippen LogP contribution < -0.4 is 31.3 Å². The molecule has 1 aromatic heterocycles. The summed E-state index contributed by atoms with van der Waals surface area (Å²) in [7, 11) is 0. The molecule has 4 saturated carbocycles. The molecule has 5 fully saturated rings. The minimum absolute atomic E-state index is 0.00462. The van der Waals surface area contributed by atoms with Crippen LogP contribution in [0.2, 0.25) is 0 Å². The van der Waals surface area contributed by atoms with E-state index in [2.05, 4.69) is 47.4 Å². The van der Waals surface area contributed by atoms with Crippen LogP contribution in [-0.4, -0.2) is 143 Å². The third-order valence-electron chi connectivity index (χ3n) is 13.7. The standard InChI is InChI=1S/C49H60F3N9O10/c50-49(51,52)71-39-7-2-1-4-32(39)28-56-47-57-29-35(27-53)43(60-47)58-30-48-24-31-22-33(25-48)42(34(23-31)26-48)55-11-13-67-15-17-69-19-21-70-20-18-68-16-14-66-12-10-54-37-6-3-5-36-41(37)46(65)61(45(36)64)38-8-9-40(62)59-44(38)63/h1-7,29,31,33-34,38,42,54-55H,8-26,28,30H2,(H,59,62,63)(H2,56,57,58,60). The van der Waals surface area contributed by atoms with Gasteiger partial charge in [0.2, 0.25) is 17.8 Å². The van der Waals surface area contributed by atoms with Crippen molar-refractivity contribution >= 4 is 41.1 Å². The van der Waals surface area contributed by atoms with Crippen LogP contribution in [-0.2, 0) is 39.8 Å². The number of benzene rings is 2. The van der Waals surface area contributed by atoms with Crippen LogP contribution >= 0.6 is 0 Å². The summed E-state index contributed by atoms with van der Waals surface area (Å²) in [6, 6.07) is 12.3. The molecule has 3 atom stereocenters. The molecule has 71 heavy (non-hydrogen) atoms. The number of fused-ring (bicyclic) bond motifs is 1. The van der Waals surface area contributed by atoms with Gasteiger partial charge < -0.3 is 49.7 Å². The molecule has 4 aliphatic carbocycles. The number of imide groups is 2. The SMILES string of the molecule is N#Cc1cnc(NCc2ccccc2OC(F)(F)F)nc1NCC12CC3CC(C1)C(NCCOCCOCCOCCOCCOCCNc1cccc4c1C(=O)N(C1CCC(=O)NC1=O)C4=O)C(C3)C2. The lowest BCUT2D eigenvalue weighted by Crippen LogP contribution is -2.60. The number of piperidine rings is 1. The van der Waals surface area contributed by atoms with Crippen molar-refractivity contribution in [1.29, 1.82) is 5.26 Å². The van der Waals surface area contributed by atoms with Gasteiger partial charge in [0, 0.05) is 49.9 Å². The Bertz CT molecular complexity index is 2390. The number of alkyl halides is 3. The number of nitrogens with one attached hydrogen (secondary N) is 5. The van der Waals surface area contributed by atoms with Crippen LogP contribution in [0.4, 0.5) is 30.6 Å². The molecule has 2 aromatic carbocycles. The largest absolute Gasteiger partial charge is 0.573 e. The third-order valence-corrected chi connectivity index (χ3v) is 13.7. The van der Waals surface area contributed by atoms with Crippen molar-refractivity contribution < 1.29 is 60.8 Å². The minimum Gasteiger partial charge on any atom is -0.405 e. The molecule has 4 bridgehead atoms. The Balaban J connectivity index is 0.630. The minimum atomic E-state index is -4.82. The van der Waals surface area contributed by atoms with Crippen LogP contribution in [0.3, 0.4) is 0 Å². The van der Waals surface area contributed by atoms with E-state index in [1.807, 2.05) is 0 Å². The Labute approximate surface area is 409 Å². The van der Waals surface area contributed by atoms with Gasteiger partial charge in [-0.1, -0.05) is 24.3 Å². The van der Waals surface area contributed by atoms with Crippen molar-refractivity contribution in [3.63, 3.8) is 0 Å². The first-order valence-corrected chi connectivity index (χ1v) is 24.2. The molecule has 4 amide bonds. The molecule has 2 aliphatic heterocycles. The molecule has 1 saturated heterocycles. The lowest BCUT2D eigenvalue weighted by Gasteiger charge is -2.60. The molecule has 19 nitrogen and oxygen atoms in total. The summed E-state index contributed by atoms with van der Waals surface area (Å²) >= 11 is 0. The molecule has 9 rings (SSSR count). The highest BCUT2D eigenvalue weighted by Crippen LogP contribution is 2.60. The first kappa shape index (κ1) is 51.4. The van der Waals surface area contributed by atoms with Crippen LogP contribution in [0.15, 0.2) is 48.7 Å². The lowest BCUT2D eigenvalue weighted by molar-refractivity contribution is -0.274. The number of amides is 4. The number of halogens is 3. The van der Waals surface area contributed by atoms with E-state index in [1.165, 1.54) is 37.2 Å². The zero-order valence-electron chi connectivity index (χ0n) is 39.4. The van der Waals surface area contributed by atoms with E-state index < -0.39 is 36.0 Å². The topological polar surface area (TPSA) is 237 Å². The van der Waals surface area contributed by atoms with E-state index in [1.54, 1.807) is 24.3 Å². The van der Waals surface area contributed by atoms with E-state index in [-0.39, 0.29) is 53.2 Å². The van der Waals surface area contributed by atoms with Gasteiger partial charge in [0.25, 0.3) is 11.8 Å². The number of anilines is 3. The van der Waals surface area contributed by atoms with Crippen LogP contribution in [0.1, 0.15) is 76.8 Å². The summed E-state index contributed by atoms with van der Waals surface area (Å²) in [4.78, 5) is 59.9. The van der Waals surface area contributed by atoms with Crippen molar-refractivity contribution in [1.82, 2.24) is 25.5 Å². The number of carbonyl (C=O) groups excluding carboxylic acids is 4. The smallest absolute Gasteiger partial charge is 0.405 e. The number of nitrogens with zero attached hydrogens (tertiary/aromatic N) is 4. The summed E-state index contributed by atoms with van der Waals surface area (Å²) in [6.07, 6.45) is 2.41. The second kappa shape index (κ2) is 24.0. The number of para-hydroxylation sites is 1. The van der Waals surface area contributed by atoms with Gasteiger partial charge in [0.1, 0.15) is 29.2 Å². The summed E-state index contributed by atoms with van der Waals surface area (Å²) in [5.41, 5.74) is 1.55. The summed E-state index contributed by atoms with van der Waals surface area (Å²) in [5, 5.41) is 25.4. The quantitative estimate of drug-likeness (QED) is 0.0492. The van der Waals surface area contributed by atoms with Gasteiger partial charge >= 0.3 is 6.36 Å². The molecule has 3 aromatic rings. The van der Waals surface area contributed by atoms with E-state index in [4.69, 9.17) is 23.7 Å². The molecule has 5 N–H and O–H groups in total. The predicted molar refractivity (Wildman–Crippen MR) is 249 cm³/mol. The van der Waals surface area contributed by atoms with E-state index in [9.17, 15) is 37.6 Å². The fraction of sp³-hybridized carbons (Fsp3) is 0.571. The first-order chi connectivity index (χ1) is 34.4. The summed E-state index contributed by atoms with van der Waals surface area (Å²) < 4.78 is 71.3. The van der Waals surface area contributed by atoms with Crippen molar-refractivity contribution in [2.75, 3.05) is 102 Å². The van der Waals surface area contributed by atoms with Crippen molar-refractivity contribution in [3.8, 4) is 11.8 Å². The Morgan fingerprint density at radius 2 is 1.45 bits per heavy atom. The van der Waals surface area contributed by atoms with Crippen LogP contribution in [0.25, 0.3) is 0 Å². The molecular weight excluding hydrogens is 932 g/mol. The highest BCUT2D eigenvalue weighted by molar-refractivity contribution is 6.25. The van der Waals surface area contributed by atoms with Crippen LogP contribution in [0.5, 0.6) is 5.75 Å². The lowest BCUT2D eigenvalue weighted by atomic mass is 9.48. The monoisotopic (exact) mass is 991 g/mol. The fourth-order valence-corrected chi connectivity index (χ4v) is 10.9. The molecule has 3 unspecified atom stereocenters. The van der Waals surface area contributed by atoms with E-state index in [0.29, 0.717) is 120 Å². The second-order valence-electron chi connectivity index (χ2n) is 18.5. The number of aromatic nitrogens is 2. The molecular formula is C49H60F3N9O10. The molecule has 3 heterocycles. The van der Waals surface area contributed by atoms with E-state index >= 15 is 0 Å². The molecule has 22 heteroatoms. The number of nitriles is 1.